The van der Waals surface area contributed by atoms with E-state index in [-0.39, 0.29) is 23.6 Å². The monoisotopic (exact) mass is 608 g/mol. The van der Waals surface area contributed by atoms with Crippen LogP contribution in [0.3, 0.4) is 0 Å². The zero-order valence-corrected chi connectivity index (χ0v) is 26.1. The van der Waals surface area contributed by atoms with Crippen molar-refractivity contribution in [2.75, 3.05) is 18.1 Å². The number of hydrogen-bond acceptors (Lipinski definition) is 5. The number of amides is 2. The first-order valence-electron chi connectivity index (χ1n) is 15.0. The van der Waals surface area contributed by atoms with E-state index in [2.05, 4.69) is 90.5 Å². The fraction of sp³-hybridized carbons (Fsp3) is 0.400. The highest BCUT2D eigenvalue weighted by Gasteiger charge is 2.21. The van der Waals surface area contributed by atoms with Crippen molar-refractivity contribution >= 4 is 29.5 Å². The van der Waals surface area contributed by atoms with E-state index in [0.29, 0.717) is 25.1 Å². The Labute approximate surface area is 261 Å². The Bertz CT molecular complexity index is 1120. The SMILES string of the molecule is CCC=CCC=CCC=CCC=CCC=CCC=CCSCC(=O)NCCCCC(NC(=O)c1ccccc1O)C(=O)O. The molecule has 1 unspecified atom stereocenters. The average molecular weight is 609 g/mol. The van der Waals surface area contributed by atoms with E-state index in [0.717, 1.165) is 44.3 Å². The number of phenolic OH excluding ortho intramolecular Hbond substituents is 1. The van der Waals surface area contributed by atoms with Gasteiger partial charge in [0.05, 0.1) is 11.3 Å². The van der Waals surface area contributed by atoms with Crippen molar-refractivity contribution < 1.29 is 24.6 Å². The molecule has 8 heteroatoms. The summed E-state index contributed by atoms with van der Waals surface area (Å²) in [5.74, 6) is -0.916. The summed E-state index contributed by atoms with van der Waals surface area (Å²) < 4.78 is 0. The largest absolute Gasteiger partial charge is 0.507 e. The molecule has 0 fully saturated rings. The van der Waals surface area contributed by atoms with Crippen LogP contribution in [0.25, 0.3) is 0 Å². The number of benzene rings is 1. The van der Waals surface area contributed by atoms with Crippen LogP contribution in [0.1, 0.15) is 75.1 Å². The summed E-state index contributed by atoms with van der Waals surface area (Å²) >= 11 is 1.53. The predicted molar refractivity (Wildman–Crippen MR) is 179 cm³/mol. The maximum Gasteiger partial charge on any atom is 0.326 e. The van der Waals surface area contributed by atoms with Crippen molar-refractivity contribution in [3.63, 3.8) is 0 Å². The van der Waals surface area contributed by atoms with Gasteiger partial charge >= 0.3 is 5.97 Å². The molecule has 7 nitrogen and oxygen atoms in total. The fourth-order valence-corrected chi connectivity index (χ4v) is 4.40. The number of carboxylic acids is 1. The lowest BCUT2D eigenvalue weighted by Gasteiger charge is -2.15. The molecule has 0 radical (unpaired) electrons. The molecule has 1 aromatic carbocycles. The summed E-state index contributed by atoms with van der Waals surface area (Å²) in [6, 6.07) is 4.91. The van der Waals surface area contributed by atoms with Crippen molar-refractivity contribution in [1.82, 2.24) is 10.6 Å². The molecule has 0 aliphatic rings. The molecule has 0 bridgehead atoms. The Kier molecular flexibility index (Phi) is 22.4. The van der Waals surface area contributed by atoms with Crippen LogP contribution in [0.15, 0.2) is 97.2 Å². The lowest BCUT2D eigenvalue weighted by Crippen LogP contribution is -2.40. The van der Waals surface area contributed by atoms with E-state index >= 15 is 0 Å². The fourth-order valence-electron chi connectivity index (χ4n) is 3.72. The number of rotatable bonds is 23. The van der Waals surface area contributed by atoms with Crippen LogP contribution in [0.2, 0.25) is 0 Å². The highest BCUT2D eigenvalue weighted by Crippen LogP contribution is 2.16. The van der Waals surface area contributed by atoms with Crippen molar-refractivity contribution in [2.45, 2.75) is 70.8 Å². The number of aromatic hydroxyl groups is 1. The summed E-state index contributed by atoms with van der Waals surface area (Å²) in [6.07, 6.45) is 33.1. The van der Waals surface area contributed by atoms with Gasteiger partial charge < -0.3 is 20.8 Å². The molecule has 0 aliphatic heterocycles. The Hall–Kier alpha value is -3.78. The number of unbranched alkanes of at least 4 members (excludes halogenated alkanes) is 1. The second kappa shape index (κ2) is 25.9. The number of para-hydroxylation sites is 1. The van der Waals surface area contributed by atoms with Gasteiger partial charge in [0.25, 0.3) is 5.91 Å². The van der Waals surface area contributed by atoms with Crippen LogP contribution in [-0.4, -0.2) is 52.1 Å². The van der Waals surface area contributed by atoms with Crippen LogP contribution in [0.4, 0.5) is 0 Å². The molecule has 0 heterocycles. The van der Waals surface area contributed by atoms with Crippen LogP contribution in [0.5, 0.6) is 5.75 Å². The zero-order chi connectivity index (χ0) is 31.4. The van der Waals surface area contributed by atoms with Gasteiger partial charge in [-0.2, -0.15) is 0 Å². The van der Waals surface area contributed by atoms with Gasteiger partial charge in [0.1, 0.15) is 11.8 Å². The molecule has 1 rings (SSSR count). The first kappa shape index (κ1) is 37.2. The molecule has 0 saturated carbocycles. The summed E-state index contributed by atoms with van der Waals surface area (Å²) in [5.41, 5.74) is 0.0301. The number of phenols is 1. The zero-order valence-electron chi connectivity index (χ0n) is 25.3. The summed E-state index contributed by atoms with van der Waals surface area (Å²) in [5, 5.41) is 24.5. The first-order chi connectivity index (χ1) is 21.0. The van der Waals surface area contributed by atoms with Crippen molar-refractivity contribution in [3.8, 4) is 5.75 Å². The Morgan fingerprint density at radius 2 is 1.33 bits per heavy atom. The molecular formula is C35H48N2O5S. The van der Waals surface area contributed by atoms with Crippen molar-refractivity contribution in [1.29, 1.82) is 0 Å². The lowest BCUT2D eigenvalue weighted by atomic mass is 10.1. The van der Waals surface area contributed by atoms with Gasteiger partial charge in [-0.3, -0.25) is 9.59 Å². The Balaban J connectivity index is 2.05. The van der Waals surface area contributed by atoms with Gasteiger partial charge in [-0.25, -0.2) is 4.79 Å². The molecule has 1 atom stereocenters. The smallest absolute Gasteiger partial charge is 0.326 e. The maximum atomic E-state index is 12.3. The third-order valence-corrected chi connectivity index (χ3v) is 6.93. The molecule has 0 saturated heterocycles. The molecule has 2 amide bonds. The van der Waals surface area contributed by atoms with Gasteiger partial charge in [-0.15, -0.1) is 11.8 Å². The van der Waals surface area contributed by atoms with Gasteiger partial charge in [0.2, 0.25) is 5.91 Å². The normalized spacial score (nSPS) is 12.9. The number of nitrogens with one attached hydrogen (secondary N) is 2. The second-order valence-corrected chi connectivity index (χ2v) is 10.7. The van der Waals surface area contributed by atoms with E-state index in [9.17, 15) is 24.6 Å². The van der Waals surface area contributed by atoms with Crippen LogP contribution >= 0.6 is 11.8 Å². The quantitative estimate of drug-likeness (QED) is 0.0766. The van der Waals surface area contributed by atoms with Crippen LogP contribution in [-0.2, 0) is 9.59 Å². The maximum absolute atomic E-state index is 12.3. The molecule has 1 aromatic rings. The number of thioether (sulfide) groups is 1. The summed E-state index contributed by atoms with van der Waals surface area (Å²) in [7, 11) is 0. The molecule has 234 valence electrons. The van der Waals surface area contributed by atoms with E-state index < -0.39 is 17.9 Å². The standard InChI is InChI=1S/C35H48N2O5S/c1-2-3-4-5-6-7-8-9-10-11-12-13-14-15-16-17-18-23-28-43-29-33(39)36-27-22-21-25-31(35(41)42)37-34(40)30-24-19-20-26-32(30)38/h3-4,6-7,9-10,12-13,15-16,18-20,23-24,26,31,38H,2,5,8,11,14,17,21-22,25,27-29H2,1H3,(H,36,39)(H,37,40)(H,41,42). The molecular weight excluding hydrogens is 560 g/mol. The predicted octanol–water partition coefficient (Wildman–Crippen LogP) is 7.29. The average Bonchev–Trinajstić information content (AvgIpc) is 2.99. The number of carbonyl (C=O) groups excluding carboxylic acids is 2. The molecule has 0 aliphatic carbocycles. The number of carboxylic acid groups (broad SMARTS) is 1. The minimum atomic E-state index is -1.14. The highest BCUT2D eigenvalue weighted by atomic mass is 32.2. The topological polar surface area (TPSA) is 116 Å². The van der Waals surface area contributed by atoms with Gasteiger partial charge in [-0.05, 0) is 69.9 Å². The third kappa shape index (κ3) is 20.7. The van der Waals surface area contributed by atoms with E-state index in [1.54, 1.807) is 12.1 Å². The molecule has 0 aromatic heterocycles. The number of hydrogen-bond donors (Lipinski definition) is 4. The minimum absolute atomic E-state index is 0.0301. The number of allylic oxidation sites excluding steroid dienone is 11. The van der Waals surface area contributed by atoms with Crippen LogP contribution < -0.4 is 10.6 Å². The first-order valence-corrected chi connectivity index (χ1v) is 16.2. The minimum Gasteiger partial charge on any atom is -0.507 e. The second-order valence-electron chi connectivity index (χ2n) is 9.66. The van der Waals surface area contributed by atoms with Crippen molar-refractivity contribution in [2.24, 2.45) is 0 Å². The van der Waals surface area contributed by atoms with E-state index in [1.165, 1.54) is 23.9 Å². The number of carbonyl (C=O) groups is 3. The molecule has 0 spiro atoms. The van der Waals surface area contributed by atoms with Gasteiger partial charge in [0.15, 0.2) is 0 Å². The molecule has 43 heavy (non-hydrogen) atoms. The third-order valence-electron chi connectivity index (χ3n) is 6.04. The summed E-state index contributed by atoms with van der Waals surface area (Å²) in [4.78, 5) is 35.8. The van der Waals surface area contributed by atoms with Crippen molar-refractivity contribution in [3.05, 3.63) is 103 Å². The van der Waals surface area contributed by atoms with Gasteiger partial charge in [-0.1, -0.05) is 92.0 Å². The molecule has 4 N–H and O–H groups in total. The lowest BCUT2D eigenvalue weighted by molar-refractivity contribution is -0.139. The Morgan fingerprint density at radius 3 is 1.86 bits per heavy atom. The highest BCUT2D eigenvalue weighted by molar-refractivity contribution is 8.00. The van der Waals surface area contributed by atoms with E-state index in [1.807, 2.05) is 0 Å². The van der Waals surface area contributed by atoms with Crippen LogP contribution in [0, 0.1) is 0 Å². The summed E-state index contributed by atoms with van der Waals surface area (Å²) in [6.45, 7) is 2.59. The number of aliphatic carboxylic acids is 1. The van der Waals surface area contributed by atoms with Gasteiger partial charge in [0, 0.05) is 12.3 Å². The van der Waals surface area contributed by atoms with E-state index in [4.69, 9.17) is 0 Å². The Morgan fingerprint density at radius 1 is 0.791 bits per heavy atom.